The molecule has 1 saturated heterocycles. The van der Waals surface area contributed by atoms with Gasteiger partial charge in [0, 0.05) is 105 Å². The lowest BCUT2D eigenvalue weighted by Gasteiger charge is -2.28. The topological polar surface area (TPSA) is 118 Å². The quantitative estimate of drug-likeness (QED) is 0.153. The van der Waals surface area contributed by atoms with Crippen molar-refractivity contribution in [2.45, 2.75) is 6.18 Å². The van der Waals surface area contributed by atoms with Crippen LogP contribution in [0.5, 0.6) is 11.5 Å². The van der Waals surface area contributed by atoms with E-state index < -0.39 is 11.7 Å². The lowest BCUT2D eigenvalue weighted by Crippen LogP contribution is -2.36. The maximum Gasteiger partial charge on any atom is 0.416 e. The van der Waals surface area contributed by atoms with E-state index >= 15 is 0 Å². The van der Waals surface area contributed by atoms with Gasteiger partial charge in [-0.05, 0) is 72.8 Å². The largest absolute Gasteiger partial charge is 0.497 e. The molecule has 0 bridgehead atoms. The van der Waals surface area contributed by atoms with Gasteiger partial charge in [-0.15, -0.1) is 0 Å². The number of halogens is 4. The lowest BCUT2D eigenvalue weighted by atomic mass is 10.3. The average Bonchev–Trinajstić information content (AvgIpc) is 3.24. The monoisotopic (exact) mass is 765 g/mol. The third kappa shape index (κ3) is 22.3. The van der Waals surface area contributed by atoms with Crippen molar-refractivity contribution in [3.8, 4) is 11.5 Å². The molecule has 15 heteroatoms. The molecule has 7 rings (SSSR count). The highest BCUT2D eigenvalue weighted by atomic mass is 35.5. The Bertz CT molecular complexity index is 1660. The number of aromatic nitrogens is 6. The Morgan fingerprint density at radius 1 is 0.593 bits per heavy atom. The van der Waals surface area contributed by atoms with Gasteiger partial charge < -0.3 is 23.8 Å². The van der Waals surface area contributed by atoms with Crippen molar-refractivity contribution in [1.82, 2.24) is 29.9 Å². The normalized spacial score (nSPS) is 11.3. The van der Waals surface area contributed by atoms with E-state index in [9.17, 15) is 13.2 Å². The van der Waals surface area contributed by atoms with Crippen molar-refractivity contribution in [3.63, 3.8) is 0 Å². The van der Waals surface area contributed by atoms with Gasteiger partial charge in [0.1, 0.15) is 18.1 Å². The second-order valence-corrected chi connectivity index (χ2v) is 10.6. The van der Waals surface area contributed by atoms with E-state index in [1.807, 2.05) is 54.9 Å². The molecular formula is C39H43ClF3N7O4. The number of methoxy groups -OCH3 is 2. The first kappa shape index (κ1) is 44.5. The fourth-order valence-corrected chi connectivity index (χ4v) is 3.83. The molecule has 11 nitrogen and oxygen atoms in total. The van der Waals surface area contributed by atoms with E-state index in [1.165, 1.54) is 5.69 Å². The predicted molar refractivity (Wildman–Crippen MR) is 202 cm³/mol. The van der Waals surface area contributed by atoms with E-state index in [-0.39, 0.29) is 0 Å². The number of ether oxygens (including phenoxy) is 4. The molecule has 6 aromatic rings. The minimum absolute atomic E-state index is 0.584. The molecule has 0 spiro atoms. The summed E-state index contributed by atoms with van der Waals surface area (Å²) in [5.41, 5.74) is 0.579. The van der Waals surface area contributed by atoms with Gasteiger partial charge in [-0.25, -0.2) is 0 Å². The van der Waals surface area contributed by atoms with Crippen LogP contribution in [0.3, 0.4) is 0 Å². The zero-order valence-corrected chi connectivity index (χ0v) is 30.7. The summed E-state index contributed by atoms with van der Waals surface area (Å²) in [5, 5.41) is 0.731. The highest BCUT2D eigenvalue weighted by molar-refractivity contribution is 6.30. The standard InChI is InChI=1S/C9H12N2O.C8H11NO2.C6H4F3N.C6H7NO.C5H4ClN.C5H5N/c1-3-10-4-2-9(1)11-5-7-12-8-6-11;1-10-6-7-11-8-2-4-9-5-3-8;7-6(8,9)5-1-3-10-4-2-5;1-8-6-2-4-7-5-3-6;6-5-1-3-7-4-2-5;1-2-4-6-5-3-1/h1-4H,5-8H2;2-5H,6-7H2,1H3;1-4H;2-5H,1H3;1-4H;1-5H. The van der Waals surface area contributed by atoms with E-state index in [2.05, 4.69) is 34.8 Å². The second kappa shape index (κ2) is 28.8. The molecule has 0 saturated carbocycles. The molecule has 0 unspecified atom stereocenters. The van der Waals surface area contributed by atoms with Crippen LogP contribution < -0.4 is 14.4 Å². The second-order valence-electron chi connectivity index (χ2n) is 10.1. The van der Waals surface area contributed by atoms with Gasteiger partial charge in [-0.1, -0.05) is 17.7 Å². The molecule has 0 radical (unpaired) electrons. The maximum atomic E-state index is 11.8. The Labute approximate surface area is 318 Å². The summed E-state index contributed by atoms with van der Waals surface area (Å²) in [7, 11) is 3.28. The van der Waals surface area contributed by atoms with Gasteiger partial charge >= 0.3 is 6.18 Å². The Morgan fingerprint density at radius 2 is 1.04 bits per heavy atom. The first-order valence-corrected chi connectivity index (χ1v) is 16.8. The van der Waals surface area contributed by atoms with Crippen LogP contribution in [-0.2, 0) is 15.7 Å². The first-order valence-electron chi connectivity index (χ1n) is 16.4. The highest BCUT2D eigenvalue weighted by Gasteiger charge is 2.29. The van der Waals surface area contributed by atoms with Crippen molar-refractivity contribution < 1.29 is 32.1 Å². The van der Waals surface area contributed by atoms with Crippen LogP contribution in [0.1, 0.15) is 5.56 Å². The number of morpholine rings is 1. The highest BCUT2D eigenvalue weighted by Crippen LogP contribution is 2.27. The molecule has 286 valence electrons. The molecule has 1 fully saturated rings. The van der Waals surface area contributed by atoms with Gasteiger partial charge in [0.15, 0.2) is 0 Å². The van der Waals surface area contributed by atoms with Crippen LogP contribution in [0.2, 0.25) is 5.02 Å². The molecule has 1 aliphatic heterocycles. The fraction of sp³-hybridized carbons (Fsp3) is 0.231. The first-order chi connectivity index (χ1) is 26.3. The molecule has 54 heavy (non-hydrogen) atoms. The molecule has 1 aliphatic rings. The minimum atomic E-state index is -4.25. The number of alkyl halides is 3. The number of anilines is 1. The van der Waals surface area contributed by atoms with Gasteiger partial charge in [0.2, 0.25) is 0 Å². The van der Waals surface area contributed by atoms with Crippen molar-refractivity contribution >= 4 is 17.3 Å². The molecule has 0 aliphatic carbocycles. The summed E-state index contributed by atoms with van der Waals surface area (Å²) >= 11 is 5.50. The Morgan fingerprint density at radius 3 is 1.39 bits per heavy atom. The number of hydrogen-bond acceptors (Lipinski definition) is 11. The van der Waals surface area contributed by atoms with Crippen LogP contribution in [-0.4, -0.2) is 83.6 Å². The molecule has 0 aromatic carbocycles. The molecule has 7 heterocycles. The minimum Gasteiger partial charge on any atom is -0.497 e. The van der Waals surface area contributed by atoms with Crippen LogP contribution in [0.25, 0.3) is 0 Å². The molecule has 0 atom stereocenters. The summed E-state index contributed by atoms with van der Waals surface area (Å²) in [6.07, 6.45) is 15.2. The summed E-state index contributed by atoms with van der Waals surface area (Å²) in [5.74, 6) is 1.68. The van der Waals surface area contributed by atoms with Crippen molar-refractivity contribution in [3.05, 3.63) is 164 Å². The van der Waals surface area contributed by atoms with Gasteiger partial charge in [0.25, 0.3) is 0 Å². The van der Waals surface area contributed by atoms with Crippen LogP contribution in [0, 0.1) is 0 Å². The van der Waals surface area contributed by atoms with Crippen molar-refractivity contribution in [2.24, 2.45) is 0 Å². The van der Waals surface area contributed by atoms with Gasteiger partial charge in [-0.3, -0.25) is 29.9 Å². The third-order valence-electron chi connectivity index (χ3n) is 6.34. The fourth-order valence-electron chi connectivity index (χ4n) is 3.72. The third-order valence-corrected chi connectivity index (χ3v) is 6.60. The van der Waals surface area contributed by atoms with Crippen LogP contribution >= 0.6 is 11.6 Å². The SMILES string of the molecule is COCCOc1ccncc1.COc1ccncc1.Clc1ccncc1.FC(F)(F)c1ccncc1.c1cc(N2CCOCC2)ccn1.c1ccncc1. The summed E-state index contributed by atoms with van der Waals surface area (Å²) < 4.78 is 55.5. The van der Waals surface area contributed by atoms with E-state index in [0.717, 1.165) is 67.4 Å². The molecule has 6 aromatic heterocycles. The van der Waals surface area contributed by atoms with Crippen LogP contribution in [0.4, 0.5) is 18.9 Å². The number of pyridine rings is 6. The summed E-state index contributed by atoms with van der Waals surface area (Å²) in [6, 6.07) is 22.4. The smallest absolute Gasteiger partial charge is 0.416 e. The van der Waals surface area contributed by atoms with Crippen LogP contribution in [0.15, 0.2) is 153 Å². The number of rotatable bonds is 6. The Balaban J connectivity index is 0.000000227. The van der Waals surface area contributed by atoms with E-state index in [1.54, 1.807) is 88.1 Å². The van der Waals surface area contributed by atoms with E-state index in [4.69, 9.17) is 30.5 Å². The molecule has 0 amide bonds. The number of hydrogen-bond donors (Lipinski definition) is 0. The van der Waals surface area contributed by atoms with Crippen molar-refractivity contribution in [1.29, 1.82) is 0 Å². The lowest BCUT2D eigenvalue weighted by molar-refractivity contribution is -0.137. The van der Waals surface area contributed by atoms with Gasteiger partial charge in [-0.2, -0.15) is 13.2 Å². The predicted octanol–water partition coefficient (Wildman–Crippen LogP) is 8.03. The van der Waals surface area contributed by atoms with Crippen molar-refractivity contribution in [2.75, 3.05) is 58.6 Å². The summed E-state index contributed by atoms with van der Waals surface area (Å²) in [4.78, 5) is 25.0. The molecular weight excluding hydrogens is 723 g/mol. The number of nitrogens with zero attached hydrogens (tertiary/aromatic N) is 7. The maximum absolute atomic E-state index is 11.8. The Hall–Kier alpha value is -5.70. The summed E-state index contributed by atoms with van der Waals surface area (Å²) in [6.45, 7) is 4.85. The molecule has 0 N–H and O–H groups in total. The van der Waals surface area contributed by atoms with Gasteiger partial charge in [0.05, 0.1) is 32.5 Å². The van der Waals surface area contributed by atoms with E-state index in [0.29, 0.717) is 13.2 Å². The average molecular weight is 766 g/mol. The zero-order valence-electron chi connectivity index (χ0n) is 30.0. The zero-order chi connectivity index (χ0) is 39.0. The Kier molecular flexibility index (Phi) is 23.7.